The van der Waals surface area contributed by atoms with E-state index in [9.17, 15) is 4.79 Å². The molecule has 0 aromatic heterocycles. The zero-order valence-electron chi connectivity index (χ0n) is 13.0. The zero-order chi connectivity index (χ0) is 16.0. The molecule has 0 aliphatic carbocycles. The number of amides is 1. The van der Waals surface area contributed by atoms with Crippen LogP contribution in [0.4, 0.5) is 11.4 Å². The second-order valence-electron chi connectivity index (χ2n) is 5.09. The lowest BCUT2D eigenvalue weighted by atomic mass is 10.1. The lowest BCUT2D eigenvalue weighted by molar-refractivity contribution is -0.120. The number of benzene rings is 1. The maximum atomic E-state index is 12.4. The summed E-state index contributed by atoms with van der Waals surface area (Å²) < 4.78 is 0. The minimum atomic E-state index is -0.226. The van der Waals surface area contributed by atoms with Gasteiger partial charge in [0.05, 0.1) is 16.8 Å². The van der Waals surface area contributed by atoms with E-state index >= 15 is 0 Å². The van der Waals surface area contributed by atoms with Crippen LogP contribution in [-0.2, 0) is 4.79 Å². The highest BCUT2D eigenvalue weighted by molar-refractivity contribution is 7.98. The van der Waals surface area contributed by atoms with E-state index in [1.807, 2.05) is 14.0 Å². The number of hydrogen-bond donors (Lipinski definition) is 2. The molecule has 6 heteroatoms. The Morgan fingerprint density at radius 2 is 2.19 bits per heavy atom. The van der Waals surface area contributed by atoms with Crippen molar-refractivity contribution in [3.63, 3.8) is 0 Å². The summed E-state index contributed by atoms with van der Waals surface area (Å²) >= 11 is 7.88. The third-order valence-corrected chi connectivity index (χ3v) is 4.68. The number of nitrogens with zero attached hydrogens (tertiary/aromatic N) is 1. The Balaban J connectivity index is 2.73. The third kappa shape index (κ3) is 5.09. The highest BCUT2D eigenvalue weighted by Crippen LogP contribution is 2.24. The molecule has 0 aliphatic heterocycles. The van der Waals surface area contributed by atoms with E-state index in [0.29, 0.717) is 22.4 Å². The highest BCUT2D eigenvalue weighted by Gasteiger charge is 2.24. The second kappa shape index (κ2) is 8.51. The normalized spacial score (nSPS) is 14.0. The molecule has 4 nitrogen and oxygen atoms in total. The number of nitrogens with one attached hydrogen (secondary N) is 1. The van der Waals surface area contributed by atoms with Gasteiger partial charge in [-0.1, -0.05) is 18.5 Å². The Kier molecular flexibility index (Phi) is 7.35. The third-order valence-electron chi connectivity index (χ3n) is 3.65. The van der Waals surface area contributed by atoms with E-state index in [2.05, 4.69) is 23.4 Å². The van der Waals surface area contributed by atoms with E-state index in [-0.39, 0.29) is 11.9 Å². The van der Waals surface area contributed by atoms with Gasteiger partial charge in [0.2, 0.25) is 5.91 Å². The van der Waals surface area contributed by atoms with Gasteiger partial charge in [0, 0.05) is 17.5 Å². The fraction of sp³-hybridized carbons (Fsp3) is 0.533. The van der Waals surface area contributed by atoms with Gasteiger partial charge >= 0.3 is 0 Å². The van der Waals surface area contributed by atoms with Crippen molar-refractivity contribution in [1.29, 1.82) is 0 Å². The standard InChI is InChI=1S/C15H24ClN3OS/c1-5-12(9-21-4)19(3)10(2)15(20)18-14-7-6-11(17)8-13(14)16/h6-8,10,12H,5,9,17H2,1-4H3,(H,18,20). The minimum absolute atomic E-state index is 0.0660. The first kappa shape index (κ1) is 18.1. The quantitative estimate of drug-likeness (QED) is 0.753. The summed E-state index contributed by atoms with van der Waals surface area (Å²) in [6.07, 6.45) is 3.09. The second-order valence-corrected chi connectivity index (χ2v) is 6.41. The van der Waals surface area contributed by atoms with Crippen molar-refractivity contribution in [2.24, 2.45) is 0 Å². The molecule has 0 heterocycles. The summed E-state index contributed by atoms with van der Waals surface area (Å²) in [5, 5.41) is 3.32. The summed E-state index contributed by atoms with van der Waals surface area (Å²) in [6, 6.07) is 5.23. The first-order chi connectivity index (χ1) is 9.90. The van der Waals surface area contributed by atoms with Gasteiger partial charge in [-0.2, -0.15) is 11.8 Å². The Labute approximate surface area is 136 Å². The van der Waals surface area contributed by atoms with Gasteiger partial charge in [-0.05, 0) is 44.8 Å². The first-order valence-electron chi connectivity index (χ1n) is 6.97. The molecule has 2 unspecified atom stereocenters. The molecule has 1 amide bonds. The molecule has 118 valence electrons. The first-order valence-corrected chi connectivity index (χ1v) is 8.74. The molecule has 21 heavy (non-hydrogen) atoms. The number of likely N-dealkylation sites (N-methyl/N-ethyl adjacent to an activating group) is 1. The number of hydrogen-bond acceptors (Lipinski definition) is 4. The van der Waals surface area contributed by atoms with Crippen molar-refractivity contribution < 1.29 is 4.79 Å². The number of anilines is 2. The van der Waals surface area contributed by atoms with Crippen molar-refractivity contribution in [3.05, 3.63) is 23.2 Å². The van der Waals surface area contributed by atoms with Crippen LogP contribution in [0.1, 0.15) is 20.3 Å². The Morgan fingerprint density at radius 3 is 2.71 bits per heavy atom. The van der Waals surface area contributed by atoms with E-state index < -0.39 is 0 Å². The summed E-state index contributed by atoms with van der Waals surface area (Å²) in [7, 11) is 1.99. The molecule has 1 aromatic carbocycles. The number of carbonyl (C=O) groups excluding carboxylic acids is 1. The van der Waals surface area contributed by atoms with Crippen LogP contribution >= 0.6 is 23.4 Å². The Morgan fingerprint density at radius 1 is 1.52 bits per heavy atom. The number of nitrogen functional groups attached to an aromatic ring is 1. The van der Waals surface area contributed by atoms with Crippen molar-refractivity contribution >= 4 is 40.6 Å². The maximum Gasteiger partial charge on any atom is 0.241 e. The molecule has 0 saturated heterocycles. The van der Waals surface area contributed by atoms with Crippen LogP contribution in [-0.4, -0.2) is 41.9 Å². The molecule has 1 rings (SSSR count). The molecule has 0 spiro atoms. The van der Waals surface area contributed by atoms with Crippen LogP contribution in [0.2, 0.25) is 5.02 Å². The summed E-state index contributed by atoms with van der Waals surface area (Å²) in [6.45, 7) is 4.04. The molecule has 0 fully saturated rings. The number of thioether (sulfide) groups is 1. The average molecular weight is 330 g/mol. The largest absolute Gasteiger partial charge is 0.399 e. The molecule has 0 bridgehead atoms. The molecule has 0 radical (unpaired) electrons. The van der Waals surface area contributed by atoms with Crippen LogP contribution in [0.3, 0.4) is 0 Å². The fourth-order valence-corrected chi connectivity index (χ4v) is 3.18. The topological polar surface area (TPSA) is 58.4 Å². The predicted octanol–water partition coefficient (Wildman–Crippen LogP) is 3.32. The zero-order valence-corrected chi connectivity index (χ0v) is 14.6. The van der Waals surface area contributed by atoms with Gasteiger partial charge in [-0.25, -0.2) is 0 Å². The van der Waals surface area contributed by atoms with Crippen molar-refractivity contribution in [2.45, 2.75) is 32.4 Å². The lowest BCUT2D eigenvalue weighted by Crippen LogP contribution is -2.46. The Hall–Kier alpha value is -0.910. The van der Waals surface area contributed by atoms with Gasteiger partial charge in [-0.15, -0.1) is 0 Å². The van der Waals surface area contributed by atoms with E-state index in [1.54, 1.807) is 30.0 Å². The number of nitrogens with two attached hydrogens (primary N) is 1. The van der Waals surface area contributed by atoms with E-state index in [0.717, 1.165) is 12.2 Å². The molecule has 2 atom stereocenters. The van der Waals surface area contributed by atoms with Crippen LogP contribution in [0.5, 0.6) is 0 Å². The molecule has 0 saturated carbocycles. The highest BCUT2D eigenvalue weighted by atomic mass is 35.5. The monoisotopic (exact) mass is 329 g/mol. The number of rotatable bonds is 7. The van der Waals surface area contributed by atoms with E-state index in [1.165, 1.54) is 0 Å². The molecule has 1 aromatic rings. The molecule has 0 aliphatic rings. The maximum absolute atomic E-state index is 12.4. The smallest absolute Gasteiger partial charge is 0.241 e. The van der Waals surface area contributed by atoms with Crippen LogP contribution in [0.25, 0.3) is 0 Å². The van der Waals surface area contributed by atoms with E-state index in [4.69, 9.17) is 17.3 Å². The predicted molar refractivity (Wildman–Crippen MR) is 94.2 cm³/mol. The van der Waals surface area contributed by atoms with Crippen molar-refractivity contribution in [2.75, 3.05) is 30.1 Å². The van der Waals surface area contributed by atoms with Gasteiger partial charge in [0.1, 0.15) is 0 Å². The Bertz CT molecular complexity index is 484. The van der Waals surface area contributed by atoms with Gasteiger partial charge < -0.3 is 11.1 Å². The van der Waals surface area contributed by atoms with Gasteiger partial charge in [-0.3, -0.25) is 9.69 Å². The van der Waals surface area contributed by atoms with Crippen LogP contribution in [0, 0.1) is 0 Å². The van der Waals surface area contributed by atoms with Gasteiger partial charge in [0.15, 0.2) is 0 Å². The summed E-state index contributed by atoms with van der Waals surface area (Å²) in [4.78, 5) is 14.5. The molecular formula is C15H24ClN3OS. The minimum Gasteiger partial charge on any atom is -0.399 e. The molecular weight excluding hydrogens is 306 g/mol. The number of carbonyl (C=O) groups is 1. The SMILES string of the molecule is CCC(CSC)N(C)C(C)C(=O)Nc1ccc(N)cc1Cl. The summed E-state index contributed by atoms with van der Waals surface area (Å²) in [5.74, 6) is 0.941. The van der Waals surface area contributed by atoms with Crippen molar-refractivity contribution in [1.82, 2.24) is 4.90 Å². The van der Waals surface area contributed by atoms with Gasteiger partial charge in [0.25, 0.3) is 0 Å². The van der Waals surface area contributed by atoms with Crippen LogP contribution in [0.15, 0.2) is 18.2 Å². The van der Waals surface area contributed by atoms with Crippen LogP contribution < -0.4 is 11.1 Å². The van der Waals surface area contributed by atoms with Crippen molar-refractivity contribution in [3.8, 4) is 0 Å². The number of halogens is 1. The average Bonchev–Trinajstić information content (AvgIpc) is 2.46. The summed E-state index contributed by atoms with van der Waals surface area (Å²) in [5.41, 5.74) is 6.82. The molecule has 3 N–H and O–H groups in total. The fourth-order valence-electron chi connectivity index (χ4n) is 2.09. The lowest BCUT2D eigenvalue weighted by Gasteiger charge is -2.31.